The number of carboxylic acids is 1. The van der Waals surface area contributed by atoms with Gasteiger partial charge >= 0.3 is 5.97 Å². The van der Waals surface area contributed by atoms with Crippen molar-refractivity contribution in [3.05, 3.63) is 0 Å². The Kier molecular flexibility index (Phi) is 5.56. The quantitative estimate of drug-likeness (QED) is 0.742. The molecule has 1 saturated heterocycles. The highest BCUT2D eigenvalue weighted by Gasteiger charge is 2.33. The van der Waals surface area contributed by atoms with Crippen LogP contribution in [0.25, 0.3) is 0 Å². The summed E-state index contributed by atoms with van der Waals surface area (Å²) < 4.78 is 5.82. The second-order valence-corrected chi connectivity index (χ2v) is 5.73. The van der Waals surface area contributed by atoms with E-state index in [2.05, 4.69) is 10.2 Å². The Morgan fingerprint density at radius 3 is 2.78 bits per heavy atom. The second-order valence-electron chi connectivity index (χ2n) is 5.73. The Labute approximate surface area is 109 Å². The average Bonchev–Trinajstić information content (AvgIpc) is 2.20. The lowest BCUT2D eigenvalue weighted by molar-refractivity contribution is -0.145. The van der Waals surface area contributed by atoms with Crippen molar-refractivity contribution in [2.24, 2.45) is 0 Å². The van der Waals surface area contributed by atoms with Gasteiger partial charge in [0.2, 0.25) is 0 Å². The van der Waals surface area contributed by atoms with E-state index in [9.17, 15) is 9.90 Å². The Morgan fingerprint density at radius 2 is 2.28 bits per heavy atom. The summed E-state index contributed by atoms with van der Waals surface area (Å²) >= 11 is 0. The van der Waals surface area contributed by atoms with Gasteiger partial charge in [0.1, 0.15) is 6.04 Å². The molecule has 1 rings (SSSR count). The first kappa shape index (κ1) is 15.4. The maximum Gasteiger partial charge on any atom is 0.322 e. The standard InChI is InChI=1S/C13H26N2O3/c1-5-6-14-11(12(16)17)8-15-7-10(2)18-13(3,4)9-15/h10-11,14H,5-9H2,1-4H3,(H,16,17). The van der Waals surface area contributed by atoms with Crippen LogP contribution in [0.1, 0.15) is 34.1 Å². The number of nitrogens with one attached hydrogen (secondary N) is 1. The lowest BCUT2D eigenvalue weighted by atomic mass is 10.0. The molecular weight excluding hydrogens is 232 g/mol. The number of nitrogens with zero attached hydrogens (tertiary/aromatic N) is 1. The van der Waals surface area contributed by atoms with E-state index >= 15 is 0 Å². The van der Waals surface area contributed by atoms with Gasteiger partial charge < -0.3 is 15.2 Å². The molecule has 18 heavy (non-hydrogen) atoms. The van der Waals surface area contributed by atoms with Gasteiger partial charge in [0.25, 0.3) is 0 Å². The SMILES string of the molecule is CCCNC(CN1CC(C)OC(C)(C)C1)C(=O)O. The molecule has 1 heterocycles. The fraction of sp³-hybridized carbons (Fsp3) is 0.923. The number of hydrogen-bond donors (Lipinski definition) is 2. The Hall–Kier alpha value is -0.650. The number of carbonyl (C=O) groups is 1. The van der Waals surface area contributed by atoms with E-state index in [0.717, 1.165) is 26.1 Å². The molecule has 0 radical (unpaired) electrons. The molecule has 0 aliphatic carbocycles. The van der Waals surface area contributed by atoms with Crippen molar-refractivity contribution in [3.63, 3.8) is 0 Å². The topological polar surface area (TPSA) is 61.8 Å². The lowest BCUT2D eigenvalue weighted by Crippen LogP contribution is -2.56. The van der Waals surface area contributed by atoms with E-state index in [0.29, 0.717) is 6.54 Å². The monoisotopic (exact) mass is 258 g/mol. The molecule has 0 aromatic heterocycles. The summed E-state index contributed by atoms with van der Waals surface area (Å²) in [5.41, 5.74) is -0.203. The predicted molar refractivity (Wildman–Crippen MR) is 70.8 cm³/mol. The van der Waals surface area contributed by atoms with Crippen molar-refractivity contribution in [3.8, 4) is 0 Å². The lowest BCUT2D eigenvalue weighted by Gasteiger charge is -2.42. The highest BCUT2D eigenvalue weighted by atomic mass is 16.5. The van der Waals surface area contributed by atoms with Crippen molar-refractivity contribution in [1.29, 1.82) is 0 Å². The molecule has 0 bridgehead atoms. The molecule has 2 N–H and O–H groups in total. The zero-order valence-electron chi connectivity index (χ0n) is 11.9. The zero-order valence-corrected chi connectivity index (χ0v) is 11.9. The molecule has 5 nitrogen and oxygen atoms in total. The highest BCUT2D eigenvalue weighted by Crippen LogP contribution is 2.20. The van der Waals surface area contributed by atoms with Crippen LogP contribution >= 0.6 is 0 Å². The van der Waals surface area contributed by atoms with Crippen molar-refractivity contribution < 1.29 is 14.6 Å². The summed E-state index contributed by atoms with van der Waals surface area (Å²) in [7, 11) is 0. The van der Waals surface area contributed by atoms with Gasteiger partial charge in [-0.3, -0.25) is 9.69 Å². The molecule has 0 aromatic rings. The largest absolute Gasteiger partial charge is 0.480 e. The van der Waals surface area contributed by atoms with Crippen LogP contribution in [0.4, 0.5) is 0 Å². The zero-order chi connectivity index (χ0) is 13.8. The van der Waals surface area contributed by atoms with Gasteiger partial charge in [0.05, 0.1) is 11.7 Å². The van der Waals surface area contributed by atoms with Gasteiger partial charge in [-0.2, -0.15) is 0 Å². The number of aliphatic carboxylic acids is 1. The maximum atomic E-state index is 11.2. The fourth-order valence-electron chi connectivity index (χ4n) is 2.53. The number of carboxylic acid groups (broad SMARTS) is 1. The van der Waals surface area contributed by atoms with Crippen LogP contribution < -0.4 is 5.32 Å². The van der Waals surface area contributed by atoms with Gasteiger partial charge in [-0.25, -0.2) is 0 Å². The van der Waals surface area contributed by atoms with Gasteiger partial charge in [-0.15, -0.1) is 0 Å². The van der Waals surface area contributed by atoms with Gasteiger partial charge in [-0.1, -0.05) is 6.92 Å². The van der Waals surface area contributed by atoms with E-state index in [1.807, 2.05) is 27.7 Å². The fourth-order valence-corrected chi connectivity index (χ4v) is 2.53. The summed E-state index contributed by atoms with van der Waals surface area (Å²) in [6, 6.07) is -0.494. The first-order chi connectivity index (χ1) is 8.34. The molecule has 0 amide bonds. The predicted octanol–water partition coefficient (Wildman–Crippen LogP) is 0.939. The highest BCUT2D eigenvalue weighted by molar-refractivity contribution is 5.73. The van der Waals surface area contributed by atoms with Gasteiger partial charge in [0, 0.05) is 19.6 Å². The number of hydrogen-bond acceptors (Lipinski definition) is 4. The minimum atomic E-state index is -0.777. The van der Waals surface area contributed by atoms with E-state index in [-0.39, 0.29) is 11.7 Å². The summed E-state index contributed by atoms with van der Waals surface area (Å²) in [6.07, 6.45) is 1.09. The van der Waals surface area contributed by atoms with E-state index in [4.69, 9.17) is 4.74 Å². The molecule has 106 valence electrons. The third kappa shape index (κ3) is 4.92. The first-order valence-electron chi connectivity index (χ1n) is 6.70. The van der Waals surface area contributed by atoms with Crippen LogP contribution in [-0.2, 0) is 9.53 Å². The van der Waals surface area contributed by atoms with Crippen molar-refractivity contribution in [2.45, 2.75) is 51.9 Å². The van der Waals surface area contributed by atoms with Crippen LogP contribution in [0.15, 0.2) is 0 Å². The van der Waals surface area contributed by atoms with Crippen LogP contribution in [0, 0.1) is 0 Å². The average molecular weight is 258 g/mol. The number of morpholine rings is 1. The molecule has 5 heteroatoms. The second kappa shape index (κ2) is 6.50. The molecule has 0 aromatic carbocycles. The van der Waals surface area contributed by atoms with Crippen molar-refractivity contribution >= 4 is 5.97 Å². The van der Waals surface area contributed by atoms with Crippen LogP contribution in [-0.4, -0.2) is 59.9 Å². The van der Waals surface area contributed by atoms with E-state index in [1.54, 1.807) is 0 Å². The molecule has 2 atom stereocenters. The molecule has 0 saturated carbocycles. The van der Waals surface area contributed by atoms with Crippen LogP contribution in [0.3, 0.4) is 0 Å². The summed E-state index contributed by atoms with van der Waals surface area (Å²) in [4.78, 5) is 13.4. The molecule has 1 aliphatic rings. The number of ether oxygens (including phenoxy) is 1. The Balaban J connectivity index is 2.54. The third-order valence-corrected chi connectivity index (χ3v) is 3.02. The third-order valence-electron chi connectivity index (χ3n) is 3.02. The van der Waals surface area contributed by atoms with Crippen LogP contribution in [0.2, 0.25) is 0 Å². The summed E-state index contributed by atoms with van der Waals surface area (Å²) in [5.74, 6) is -0.777. The smallest absolute Gasteiger partial charge is 0.322 e. The van der Waals surface area contributed by atoms with Crippen molar-refractivity contribution in [1.82, 2.24) is 10.2 Å². The van der Waals surface area contributed by atoms with Gasteiger partial charge in [0.15, 0.2) is 0 Å². The van der Waals surface area contributed by atoms with Gasteiger partial charge in [-0.05, 0) is 33.7 Å². The normalized spacial score (nSPS) is 25.9. The maximum absolute atomic E-state index is 11.2. The molecule has 2 unspecified atom stereocenters. The minimum absolute atomic E-state index is 0.148. The first-order valence-corrected chi connectivity index (χ1v) is 6.70. The number of rotatable bonds is 6. The van der Waals surface area contributed by atoms with E-state index < -0.39 is 12.0 Å². The molecule has 1 aliphatic heterocycles. The molecular formula is C13H26N2O3. The van der Waals surface area contributed by atoms with Crippen LogP contribution in [0.5, 0.6) is 0 Å². The Bertz CT molecular complexity index is 281. The molecule has 1 fully saturated rings. The summed E-state index contributed by atoms with van der Waals surface area (Å²) in [5, 5.41) is 12.3. The van der Waals surface area contributed by atoms with Crippen molar-refractivity contribution in [2.75, 3.05) is 26.2 Å². The molecule has 0 spiro atoms. The van der Waals surface area contributed by atoms with E-state index in [1.165, 1.54) is 0 Å². The Morgan fingerprint density at radius 1 is 1.61 bits per heavy atom. The summed E-state index contributed by atoms with van der Waals surface area (Å²) in [6.45, 7) is 11.0. The minimum Gasteiger partial charge on any atom is -0.480 e.